The molecule has 23 heavy (non-hydrogen) atoms. The fourth-order valence-corrected chi connectivity index (χ4v) is 2.09. The molecule has 3 rings (SSSR count). The summed E-state index contributed by atoms with van der Waals surface area (Å²) in [7, 11) is 0. The van der Waals surface area contributed by atoms with Crippen molar-refractivity contribution in [3.8, 4) is 5.69 Å². The van der Waals surface area contributed by atoms with Gasteiger partial charge >= 0.3 is 0 Å². The highest BCUT2D eigenvalue weighted by Gasteiger charge is 2.15. The fourth-order valence-electron chi connectivity index (χ4n) is 2.09. The quantitative estimate of drug-likeness (QED) is 0.806. The van der Waals surface area contributed by atoms with Crippen molar-refractivity contribution < 1.29 is 4.79 Å². The van der Waals surface area contributed by atoms with E-state index in [0.29, 0.717) is 11.3 Å². The van der Waals surface area contributed by atoms with Gasteiger partial charge in [-0.2, -0.15) is 5.10 Å². The summed E-state index contributed by atoms with van der Waals surface area (Å²) in [5.74, 6) is -0.194. The van der Waals surface area contributed by atoms with Crippen molar-refractivity contribution in [3.05, 3.63) is 54.6 Å². The van der Waals surface area contributed by atoms with Gasteiger partial charge in [0.15, 0.2) is 0 Å². The zero-order valence-corrected chi connectivity index (χ0v) is 13.3. The molecule has 0 saturated carbocycles. The first-order valence-corrected chi connectivity index (χ1v) is 7.27. The third kappa shape index (κ3) is 3.28. The van der Waals surface area contributed by atoms with E-state index in [0.717, 1.165) is 5.69 Å². The Morgan fingerprint density at radius 2 is 2.09 bits per heavy atom. The molecule has 2 aromatic heterocycles. The Balaban J connectivity index is 1.79. The predicted molar refractivity (Wildman–Crippen MR) is 86.5 cm³/mol. The van der Waals surface area contributed by atoms with E-state index in [2.05, 4.69) is 20.7 Å². The Bertz CT molecular complexity index is 813. The molecule has 0 spiro atoms. The van der Waals surface area contributed by atoms with Crippen LogP contribution in [-0.2, 0) is 5.54 Å². The maximum absolute atomic E-state index is 12.4. The first-order chi connectivity index (χ1) is 10.9. The molecule has 0 radical (unpaired) electrons. The lowest BCUT2D eigenvalue weighted by atomic mass is 10.1. The van der Waals surface area contributed by atoms with E-state index in [1.54, 1.807) is 35.4 Å². The SMILES string of the molecule is CC(C)(C)n1cc(NC(=O)c2cccc(-n3ccnn3)c2)cn1. The topological polar surface area (TPSA) is 77.6 Å². The van der Waals surface area contributed by atoms with Gasteiger partial charge in [0.1, 0.15) is 0 Å². The van der Waals surface area contributed by atoms with Crippen LogP contribution in [0, 0.1) is 0 Å². The highest BCUT2D eigenvalue weighted by atomic mass is 16.1. The molecule has 1 amide bonds. The van der Waals surface area contributed by atoms with Crippen LogP contribution in [0.5, 0.6) is 0 Å². The standard InChI is InChI=1S/C16H18N6O/c1-16(2,3)22-11-13(10-18-22)19-15(23)12-5-4-6-14(9-12)21-8-7-17-20-21/h4-11H,1-3H3,(H,19,23). The molecule has 0 aliphatic carbocycles. The number of hydrogen-bond donors (Lipinski definition) is 1. The molecule has 1 aromatic carbocycles. The van der Waals surface area contributed by atoms with Crippen LogP contribution in [0.2, 0.25) is 0 Å². The van der Waals surface area contributed by atoms with Gasteiger partial charge in [0.25, 0.3) is 5.91 Å². The molecule has 118 valence electrons. The minimum Gasteiger partial charge on any atom is -0.319 e. The third-order valence-electron chi connectivity index (χ3n) is 3.32. The summed E-state index contributed by atoms with van der Waals surface area (Å²) in [4.78, 5) is 12.4. The molecule has 1 N–H and O–H groups in total. The average Bonchev–Trinajstić information content (AvgIpc) is 3.18. The van der Waals surface area contributed by atoms with E-state index >= 15 is 0 Å². The molecule has 0 saturated heterocycles. The molecule has 0 aliphatic heterocycles. The van der Waals surface area contributed by atoms with E-state index in [9.17, 15) is 4.79 Å². The van der Waals surface area contributed by atoms with Gasteiger partial charge in [0, 0.05) is 11.8 Å². The van der Waals surface area contributed by atoms with Gasteiger partial charge in [-0.25, -0.2) is 4.68 Å². The molecular weight excluding hydrogens is 292 g/mol. The number of rotatable bonds is 3. The van der Waals surface area contributed by atoms with Crippen LogP contribution < -0.4 is 5.32 Å². The summed E-state index contributed by atoms with van der Waals surface area (Å²) in [6.07, 6.45) is 6.78. The predicted octanol–water partition coefficient (Wildman–Crippen LogP) is 2.47. The van der Waals surface area contributed by atoms with E-state index in [-0.39, 0.29) is 11.4 Å². The van der Waals surface area contributed by atoms with Crippen LogP contribution in [0.15, 0.2) is 49.1 Å². The smallest absolute Gasteiger partial charge is 0.255 e. The zero-order valence-electron chi connectivity index (χ0n) is 13.3. The number of amides is 1. The molecule has 7 nitrogen and oxygen atoms in total. The highest BCUT2D eigenvalue weighted by molar-refractivity contribution is 6.04. The number of anilines is 1. The normalized spacial score (nSPS) is 11.4. The second-order valence-corrected chi connectivity index (χ2v) is 6.20. The first-order valence-electron chi connectivity index (χ1n) is 7.27. The molecule has 0 unspecified atom stereocenters. The van der Waals surface area contributed by atoms with Crippen molar-refractivity contribution in [1.82, 2.24) is 24.8 Å². The zero-order chi connectivity index (χ0) is 16.4. The number of hydrogen-bond acceptors (Lipinski definition) is 4. The molecule has 3 aromatic rings. The van der Waals surface area contributed by atoms with Gasteiger partial charge in [0.05, 0.1) is 35.5 Å². The summed E-state index contributed by atoms with van der Waals surface area (Å²) < 4.78 is 3.42. The largest absolute Gasteiger partial charge is 0.319 e. The van der Waals surface area contributed by atoms with E-state index in [1.165, 1.54) is 0 Å². The maximum Gasteiger partial charge on any atom is 0.255 e. The third-order valence-corrected chi connectivity index (χ3v) is 3.32. The van der Waals surface area contributed by atoms with Gasteiger partial charge in [0.2, 0.25) is 0 Å². The number of carbonyl (C=O) groups is 1. The Morgan fingerprint density at radius 3 is 2.74 bits per heavy atom. The maximum atomic E-state index is 12.4. The monoisotopic (exact) mass is 310 g/mol. The van der Waals surface area contributed by atoms with Gasteiger partial charge in [-0.3, -0.25) is 9.48 Å². The first kappa shape index (κ1) is 15.0. The Hall–Kier alpha value is -2.96. The van der Waals surface area contributed by atoms with Crippen LogP contribution >= 0.6 is 0 Å². The number of nitrogens with zero attached hydrogens (tertiary/aromatic N) is 5. The Kier molecular flexibility index (Phi) is 3.69. The minimum atomic E-state index is -0.194. The summed E-state index contributed by atoms with van der Waals surface area (Å²) in [6, 6.07) is 7.19. The van der Waals surface area contributed by atoms with Crippen molar-refractivity contribution in [1.29, 1.82) is 0 Å². The van der Waals surface area contributed by atoms with Crippen LogP contribution in [0.4, 0.5) is 5.69 Å². The van der Waals surface area contributed by atoms with Crippen molar-refractivity contribution in [3.63, 3.8) is 0 Å². The Morgan fingerprint density at radius 1 is 1.26 bits per heavy atom. The van der Waals surface area contributed by atoms with E-state index < -0.39 is 0 Å². The lowest BCUT2D eigenvalue weighted by Gasteiger charge is -2.18. The molecule has 0 bridgehead atoms. The van der Waals surface area contributed by atoms with Crippen molar-refractivity contribution in [2.75, 3.05) is 5.32 Å². The summed E-state index contributed by atoms with van der Waals surface area (Å²) in [5, 5.41) is 14.8. The number of aromatic nitrogens is 5. The molecule has 0 fully saturated rings. The second kappa shape index (κ2) is 5.68. The van der Waals surface area contributed by atoms with Crippen LogP contribution in [-0.4, -0.2) is 30.7 Å². The molecule has 7 heteroatoms. The van der Waals surface area contributed by atoms with Crippen LogP contribution in [0.25, 0.3) is 5.69 Å². The van der Waals surface area contributed by atoms with Crippen molar-refractivity contribution >= 4 is 11.6 Å². The molecule has 2 heterocycles. The fraction of sp³-hybridized carbons (Fsp3) is 0.250. The van der Waals surface area contributed by atoms with Gasteiger partial charge in [-0.05, 0) is 39.0 Å². The molecule has 0 aliphatic rings. The molecular formula is C16H18N6O. The van der Waals surface area contributed by atoms with Gasteiger partial charge < -0.3 is 5.32 Å². The number of nitrogens with one attached hydrogen (secondary N) is 1. The minimum absolute atomic E-state index is 0.129. The number of carbonyl (C=O) groups excluding carboxylic acids is 1. The second-order valence-electron chi connectivity index (χ2n) is 6.20. The van der Waals surface area contributed by atoms with Gasteiger partial charge in [-0.15, -0.1) is 5.10 Å². The molecule has 0 atom stereocenters. The highest BCUT2D eigenvalue weighted by Crippen LogP contribution is 2.17. The average molecular weight is 310 g/mol. The number of benzene rings is 1. The lowest BCUT2D eigenvalue weighted by Crippen LogP contribution is -2.22. The van der Waals surface area contributed by atoms with E-state index in [1.807, 2.05) is 43.8 Å². The summed E-state index contributed by atoms with van der Waals surface area (Å²) >= 11 is 0. The van der Waals surface area contributed by atoms with E-state index in [4.69, 9.17) is 0 Å². The van der Waals surface area contributed by atoms with Crippen molar-refractivity contribution in [2.45, 2.75) is 26.3 Å². The Labute approximate surface area is 133 Å². The van der Waals surface area contributed by atoms with Crippen LogP contribution in [0.3, 0.4) is 0 Å². The van der Waals surface area contributed by atoms with Crippen molar-refractivity contribution in [2.24, 2.45) is 0 Å². The van der Waals surface area contributed by atoms with Crippen LogP contribution in [0.1, 0.15) is 31.1 Å². The van der Waals surface area contributed by atoms with Gasteiger partial charge in [-0.1, -0.05) is 11.3 Å². The summed E-state index contributed by atoms with van der Waals surface area (Å²) in [6.45, 7) is 6.15. The summed E-state index contributed by atoms with van der Waals surface area (Å²) in [5.41, 5.74) is 1.86. The lowest BCUT2D eigenvalue weighted by molar-refractivity contribution is 0.102.